The molecule has 5 nitrogen and oxygen atoms in total. The molecule has 0 heterocycles. The Kier molecular flexibility index (Phi) is 7.25. The van der Waals surface area contributed by atoms with Gasteiger partial charge in [-0.05, 0) is 63.5 Å². The lowest BCUT2D eigenvalue weighted by molar-refractivity contribution is -0.119. The summed E-state index contributed by atoms with van der Waals surface area (Å²) in [6.45, 7) is 3.55. The number of halogens is 1. The predicted molar refractivity (Wildman–Crippen MR) is 124 cm³/mol. The van der Waals surface area contributed by atoms with Crippen molar-refractivity contribution in [2.24, 2.45) is 5.92 Å². The van der Waals surface area contributed by atoms with Gasteiger partial charge in [0, 0.05) is 17.3 Å². The minimum atomic E-state index is -0.270. The highest BCUT2D eigenvalue weighted by molar-refractivity contribution is 9.10. The molecule has 0 saturated heterocycles. The highest BCUT2D eigenvalue weighted by Crippen LogP contribution is 2.30. The second-order valence-corrected chi connectivity index (χ2v) is 7.92. The van der Waals surface area contributed by atoms with Gasteiger partial charge >= 0.3 is 0 Å². The monoisotopic (exact) mass is 466 g/mol. The summed E-state index contributed by atoms with van der Waals surface area (Å²) in [6.07, 6.45) is 0. The molecule has 2 amide bonds. The molecule has 0 bridgehead atoms. The zero-order valence-corrected chi connectivity index (χ0v) is 18.4. The fourth-order valence-electron chi connectivity index (χ4n) is 2.69. The maximum absolute atomic E-state index is 12.2. The van der Waals surface area contributed by atoms with E-state index >= 15 is 0 Å². The number of benzene rings is 3. The van der Waals surface area contributed by atoms with Crippen LogP contribution in [0.2, 0.25) is 0 Å². The number of carbonyl (C=O) groups excluding carboxylic acids is 2. The van der Waals surface area contributed by atoms with Crippen LogP contribution in [-0.4, -0.2) is 18.4 Å². The summed E-state index contributed by atoms with van der Waals surface area (Å²) < 4.78 is 6.43. The van der Waals surface area contributed by atoms with Crippen LogP contribution in [0, 0.1) is 5.92 Å². The highest BCUT2D eigenvalue weighted by atomic mass is 79.9. The van der Waals surface area contributed by atoms with Crippen molar-refractivity contribution in [3.8, 4) is 16.9 Å². The molecule has 0 aliphatic heterocycles. The molecule has 2 N–H and O–H groups in total. The van der Waals surface area contributed by atoms with Gasteiger partial charge in [0.1, 0.15) is 5.75 Å². The summed E-state index contributed by atoms with van der Waals surface area (Å²) >= 11 is 3.51. The standard InChI is InChI=1S/C24H23BrN2O3/c1-16(2)24(29)27-20-11-9-19(10-12-20)26-23(28)15-30-22-13-8-18(14-21(22)25)17-6-4-3-5-7-17/h3-14,16H,15H2,1-2H3,(H,26,28)(H,27,29). The summed E-state index contributed by atoms with van der Waals surface area (Å²) in [4.78, 5) is 23.9. The van der Waals surface area contributed by atoms with Crippen molar-refractivity contribution in [1.29, 1.82) is 0 Å². The summed E-state index contributed by atoms with van der Waals surface area (Å²) in [5.41, 5.74) is 3.48. The molecule has 3 aromatic rings. The average molecular weight is 467 g/mol. The van der Waals surface area contributed by atoms with E-state index in [2.05, 4.69) is 26.6 Å². The third kappa shape index (κ3) is 5.94. The molecule has 0 fully saturated rings. The average Bonchev–Trinajstić information content (AvgIpc) is 2.74. The van der Waals surface area contributed by atoms with Crippen molar-refractivity contribution in [2.75, 3.05) is 17.2 Å². The van der Waals surface area contributed by atoms with Crippen molar-refractivity contribution in [2.45, 2.75) is 13.8 Å². The molecule has 3 rings (SSSR count). The SMILES string of the molecule is CC(C)C(=O)Nc1ccc(NC(=O)COc2ccc(-c3ccccc3)cc2Br)cc1. The van der Waals surface area contributed by atoms with Crippen LogP contribution >= 0.6 is 15.9 Å². The minimum absolute atomic E-state index is 0.0518. The zero-order chi connectivity index (χ0) is 21.5. The van der Waals surface area contributed by atoms with Crippen LogP contribution in [0.4, 0.5) is 11.4 Å². The van der Waals surface area contributed by atoms with Gasteiger partial charge in [0.15, 0.2) is 6.61 Å². The van der Waals surface area contributed by atoms with Crippen LogP contribution in [0.5, 0.6) is 5.75 Å². The van der Waals surface area contributed by atoms with Gasteiger partial charge in [-0.1, -0.05) is 50.2 Å². The fraction of sp³-hybridized carbons (Fsp3) is 0.167. The topological polar surface area (TPSA) is 67.4 Å². The quantitative estimate of drug-likeness (QED) is 0.467. The molecular weight excluding hydrogens is 444 g/mol. The molecule has 0 saturated carbocycles. The summed E-state index contributed by atoms with van der Waals surface area (Å²) in [5.74, 6) is 0.177. The summed E-state index contributed by atoms with van der Waals surface area (Å²) in [5, 5.41) is 5.59. The maximum Gasteiger partial charge on any atom is 0.262 e. The molecule has 0 radical (unpaired) electrons. The Labute approximate surface area is 184 Å². The van der Waals surface area contributed by atoms with Gasteiger partial charge in [-0.25, -0.2) is 0 Å². The van der Waals surface area contributed by atoms with E-state index in [0.29, 0.717) is 17.1 Å². The predicted octanol–water partition coefficient (Wildman–Crippen LogP) is 5.73. The van der Waals surface area contributed by atoms with Crippen LogP contribution in [0.25, 0.3) is 11.1 Å². The Balaban J connectivity index is 1.54. The van der Waals surface area contributed by atoms with Gasteiger partial charge in [-0.3, -0.25) is 9.59 Å². The molecule has 0 unspecified atom stereocenters. The van der Waals surface area contributed by atoms with E-state index in [-0.39, 0.29) is 24.3 Å². The van der Waals surface area contributed by atoms with Gasteiger partial charge in [-0.15, -0.1) is 0 Å². The summed E-state index contributed by atoms with van der Waals surface area (Å²) in [6, 6.07) is 22.7. The van der Waals surface area contributed by atoms with Gasteiger partial charge in [-0.2, -0.15) is 0 Å². The van der Waals surface area contributed by atoms with Crippen molar-refractivity contribution < 1.29 is 14.3 Å². The van der Waals surface area contributed by atoms with E-state index in [1.807, 2.05) is 62.4 Å². The molecule has 0 spiro atoms. The van der Waals surface area contributed by atoms with Crippen LogP contribution in [-0.2, 0) is 9.59 Å². The summed E-state index contributed by atoms with van der Waals surface area (Å²) in [7, 11) is 0. The van der Waals surface area contributed by atoms with Crippen molar-refractivity contribution >= 4 is 39.1 Å². The largest absolute Gasteiger partial charge is 0.483 e. The molecular formula is C24H23BrN2O3. The Morgan fingerprint density at radius 2 is 1.50 bits per heavy atom. The molecule has 0 aliphatic carbocycles. The molecule has 0 atom stereocenters. The molecule has 154 valence electrons. The van der Waals surface area contributed by atoms with Crippen molar-refractivity contribution in [1.82, 2.24) is 0 Å². The van der Waals surface area contributed by atoms with E-state index in [4.69, 9.17) is 4.74 Å². The number of amides is 2. The lowest BCUT2D eigenvalue weighted by Gasteiger charge is -2.11. The van der Waals surface area contributed by atoms with E-state index in [1.54, 1.807) is 24.3 Å². The Bertz CT molecular complexity index is 1020. The molecule has 6 heteroatoms. The van der Waals surface area contributed by atoms with Crippen LogP contribution < -0.4 is 15.4 Å². The fourth-order valence-corrected chi connectivity index (χ4v) is 3.19. The first-order valence-corrected chi connectivity index (χ1v) is 10.4. The van der Waals surface area contributed by atoms with Crippen LogP contribution in [0.15, 0.2) is 77.3 Å². The van der Waals surface area contributed by atoms with Crippen LogP contribution in [0.1, 0.15) is 13.8 Å². The third-order valence-corrected chi connectivity index (χ3v) is 4.98. The molecule has 3 aromatic carbocycles. The number of hydrogen-bond donors (Lipinski definition) is 2. The first-order chi connectivity index (χ1) is 14.4. The number of nitrogens with one attached hydrogen (secondary N) is 2. The number of ether oxygens (including phenoxy) is 1. The molecule has 0 aliphatic rings. The van der Waals surface area contributed by atoms with Crippen molar-refractivity contribution in [3.05, 3.63) is 77.3 Å². The number of carbonyl (C=O) groups is 2. The normalized spacial score (nSPS) is 10.5. The Hall–Kier alpha value is -3.12. The number of anilines is 2. The number of hydrogen-bond acceptors (Lipinski definition) is 3. The van der Waals surface area contributed by atoms with E-state index < -0.39 is 0 Å². The zero-order valence-electron chi connectivity index (χ0n) is 16.8. The lowest BCUT2D eigenvalue weighted by atomic mass is 10.1. The van der Waals surface area contributed by atoms with Gasteiger partial charge < -0.3 is 15.4 Å². The van der Waals surface area contributed by atoms with Crippen LogP contribution in [0.3, 0.4) is 0 Å². The minimum Gasteiger partial charge on any atom is -0.483 e. The molecule has 0 aromatic heterocycles. The number of rotatable bonds is 7. The van der Waals surface area contributed by atoms with Crippen molar-refractivity contribution in [3.63, 3.8) is 0 Å². The van der Waals surface area contributed by atoms with E-state index in [0.717, 1.165) is 15.6 Å². The first-order valence-electron chi connectivity index (χ1n) is 9.61. The Morgan fingerprint density at radius 3 is 2.10 bits per heavy atom. The van der Waals surface area contributed by atoms with E-state index in [1.165, 1.54) is 0 Å². The molecule has 30 heavy (non-hydrogen) atoms. The van der Waals surface area contributed by atoms with Gasteiger partial charge in [0.25, 0.3) is 5.91 Å². The maximum atomic E-state index is 12.2. The van der Waals surface area contributed by atoms with Gasteiger partial charge in [0.2, 0.25) is 5.91 Å². The second kappa shape index (κ2) is 10.1. The lowest BCUT2D eigenvalue weighted by Crippen LogP contribution is -2.20. The highest BCUT2D eigenvalue weighted by Gasteiger charge is 2.09. The first kappa shape index (κ1) is 21.6. The second-order valence-electron chi connectivity index (χ2n) is 7.07. The third-order valence-electron chi connectivity index (χ3n) is 4.36. The smallest absolute Gasteiger partial charge is 0.262 e. The Morgan fingerprint density at radius 1 is 0.867 bits per heavy atom. The van der Waals surface area contributed by atoms with Gasteiger partial charge in [0.05, 0.1) is 4.47 Å². The van der Waals surface area contributed by atoms with E-state index in [9.17, 15) is 9.59 Å².